The highest BCUT2D eigenvalue weighted by Gasteiger charge is 2.59. The molecular formula is C20H30O4. The molecule has 4 heteroatoms. The van der Waals surface area contributed by atoms with Crippen LogP contribution in [0.25, 0.3) is 0 Å². The van der Waals surface area contributed by atoms with Crippen LogP contribution in [0.3, 0.4) is 0 Å². The van der Waals surface area contributed by atoms with E-state index >= 15 is 0 Å². The van der Waals surface area contributed by atoms with Gasteiger partial charge in [0, 0.05) is 11.8 Å². The van der Waals surface area contributed by atoms with Gasteiger partial charge in [-0.2, -0.15) is 0 Å². The first kappa shape index (κ1) is 15.0. The van der Waals surface area contributed by atoms with E-state index in [1.165, 1.54) is 51.4 Å². The third kappa shape index (κ3) is 2.26. The number of rotatable bonds is 7. The second-order valence-corrected chi connectivity index (χ2v) is 9.47. The fourth-order valence-electron chi connectivity index (χ4n) is 7.03. The third-order valence-electron chi connectivity index (χ3n) is 8.22. The molecule has 24 heavy (non-hydrogen) atoms. The minimum absolute atomic E-state index is 0.125. The van der Waals surface area contributed by atoms with Gasteiger partial charge in [0.1, 0.15) is 0 Å². The largest absolute Gasteiger partial charge is 0.373 e. The molecule has 4 nitrogen and oxygen atoms in total. The highest BCUT2D eigenvalue weighted by atomic mass is 16.6. The molecule has 6 fully saturated rings. The van der Waals surface area contributed by atoms with Gasteiger partial charge in [0.15, 0.2) is 0 Å². The zero-order valence-electron chi connectivity index (χ0n) is 14.6. The normalized spacial score (nSPS) is 57.0. The van der Waals surface area contributed by atoms with Crippen LogP contribution < -0.4 is 0 Å². The van der Waals surface area contributed by atoms with E-state index in [2.05, 4.69) is 0 Å². The molecule has 4 aliphatic carbocycles. The van der Waals surface area contributed by atoms with Gasteiger partial charge in [-0.05, 0) is 63.2 Å². The minimum Gasteiger partial charge on any atom is -0.373 e. The lowest BCUT2D eigenvalue weighted by atomic mass is 9.82. The van der Waals surface area contributed by atoms with Crippen molar-refractivity contribution in [2.24, 2.45) is 23.7 Å². The summed E-state index contributed by atoms with van der Waals surface area (Å²) in [6, 6.07) is 0. The Hall–Kier alpha value is -0.160. The molecule has 4 saturated carbocycles. The van der Waals surface area contributed by atoms with Crippen molar-refractivity contribution in [3.8, 4) is 0 Å². The van der Waals surface area contributed by atoms with Gasteiger partial charge in [-0.1, -0.05) is 0 Å². The fraction of sp³-hybridized carbons (Fsp3) is 1.00. The molecule has 0 amide bonds. The lowest BCUT2D eigenvalue weighted by Crippen LogP contribution is -2.42. The molecule has 8 atom stereocenters. The van der Waals surface area contributed by atoms with Gasteiger partial charge >= 0.3 is 0 Å². The molecule has 0 aromatic heterocycles. The van der Waals surface area contributed by atoms with Crippen LogP contribution in [0, 0.1) is 23.7 Å². The SMILES string of the molecule is C(COC12CCC(CC1C1CO1)C2)OC12CCC(CC1C1CO1)C2. The topological polar surface area (TPSA) is 43.5 Å². The molecular weight excluding hydrogens is 304 g/mol. The molecule has 0 N–H and O–H groups in total. The van der Waals surface area contributed by atoms with Crippen LogP contribution in [0.4, 0.5) is 0 Å². The van der Waals surface area contributed by atoms with Crippen molar-refractivity contribution < 1.29 is 18.9 Å². The Morgan fingerprint density at radius 3 is 1.58 bits per heavy atom. The lowest BCUT2D eigenvalue weighted by Gasteiger charge is -2.37. The van der Waals surface area contributed by atoms with Crippen LogP contribution in [-0.2, 0) is 18.9 Å². The quantitative estimate of drug-likeness (QED) is 0.530. The van der Waals surface area contributed by atoms with Crippen molar-refractivity contribution in [1.29, 1.82) is 0 Å². The number of hydrogen-bond acceptors (Lipinski definition) is 4. The van der Waals surface area contributed by atoms with Gasteiger partial charge in [0.05, 0.1) is 49.8 Å². The van der Waals surface area contributed by atoms with Crippen LogP contribution in [-0.4, -0.2) is 49.8 Å². The Morgan fingerprint density at radius 2 is 1.21 bits per heavy atom. The van der Waals surface area contributed by atoms with E-state index in [1.54, 1.807) is 0 Å². The Bertz CT molecular complexity index is 470. The first-order valence-corrected chi connectivity index (χ1v) is 10.3. The maximum Gasteiger partial charge on any atom is 0.0865 e. The highest BCUT2D eigenvalue weighted by Crippen LogP contribution is 2.58. The zero-order valence-corrected chi connectivity index (χ0v) is 14.6. The van der Waals surface area contributed by atoms with Gasteiger partial charge < -0.3 is 18.9 Å². The summed E-state index contributed by atoms with van der Waals surface area (Å²) >= 11 is 0. The van der Waals surface area contributed by atoms with Crippen LogP contribution in [0.2, 0.25) is 0 Å². The molecule has 2 saturated heterocycles. The maximum absolute atomic E-state index is 6.53. The zero-order chi connectivity index (χ0) is 15.8. The van der Waals surface area contributed by atoms with Gasteiger partial charge in [-0.15, -0.1) is 0 Å². The highest BCUT2D eigenvalue weighted by molar-refractivity contribution is 5.09. The molecule has 0 aromatic rings. The summed E-state index contributed by atoms with van der Waals surface area (Å²) in [7, 11) is 0. The number of epoxide rings is 2. The summed E-state index contributed by atoms with van der Waals surface area (Å²) in [5.74, 6) is 3.09. The second-order valence-electron chi connectivity index (χ2n) is 9.47. The monoisotopic (exact) mass is 334 g/mol. The molecule has 2 heterocycles. The van der Waals surface area contributed by atoms with E-state index in [-0.39, 0.29) is 11.2 Å². The molecule has 134 valence electrons. The maximum atomic E-state index is 6.53. The van der Waals surface area contributed by atoms with Crippen LogP contribution >= 0.6 is 0 Å². The van der Waals surface area contributed by atoms with Crippen molar-refractivity contribution in [1.82, 2.24) is 0 Å². The molecule has 0 aromatic carbocycles. The Morgan fingerprint density at radius 1 is 0.750 bits per heavy atom. The van der Waals surface area contributed by atoms with Gasteiger partial charge in [0.25, 0.3) is 0 Å². The summed E-state index contributed by atoms with van der Waals surface area (Å²) in [5, 5.41) is 0. The fourth-order valence-corrected chi connectivity index (χ4v) is 7.03. The lowest BCUT2D eigenvalue weighted by molar-refractivity contribution is -0.133. The van der Waals surface area contributed by atoms with Crippen LogP contribution in [0.15, 0.2) is 0 Å². The molecule has 4 bridgehead atoms. The van der Waals surface area contributed by atoms with E-state index in [4.69, 9.17) is 18.9 Å². The molecule has 6 aliphatic rings. The van der Waals surface area contributed by atoms with Crippen molar-refractivity contribution >= 4 is 0 Å². The third-order valence-corrected chi connectivity index (χ3v) is 8.22. The van der Waals surface area contributed by atoms with E-state index in [0.29, 0.717) is 24.0 Å². The van der Waals surface area contributed by atoms with Crippen LogP contribution in [0.1, 0.15) is 51.4 Å². The predicted molar refractivity (Wildman–Crippen MR) is 87.7 cm³/mol. The molecule has 8 unspecified atom stereocenters. The second kappa shape index (κ2) is 5.18. The molecule has 6 rings (SSSR count). The average Bonchev–Trinajstić information content (AvgIpc) is 3.49. The number of ether oxygens (including phenoxy) is 4. The number of fused-ring (bicyclic) bond motifs is 4. The summed E-state index contributed by atoms with van der Waals surface area (Å²) < 4.78 is 24.3. The van der Waals surface area contributed by atoms with E-state index in [9.17, 15) is 0 Å². The van der Waals surface area contributed by atoms with E-state index in [0.717, 1.165) is 38.3 Å². The Balaban J connectivity index is 1.07. The first-order chi connectivity index (χ1) is 11.8. The van der Waals surface area contributed by atoms with Gasteiger partial charge in [-0.25, -0.2) is 0 Å². The van der Waals surface area contributed by atoms with Crippen molar-refractivity contribution in [2.75, 3.05) is 26.4 Å². The van der Waals surface area contributed by atoms with Gasteiger partial charge in [0.2, 0.25) is 0 Å². The van der Waals surface area contributed by atoms with Crippen molar-refractivity contribution in [2.45, 2.75) is 74.8 Å². The summed E-state index contributed by atoms with van der Waals surface area (Å²) in [6.07, 6.45) is 11.4. The average molecular weight is 334 g/mol. The van der Waals surface area contributed by atoms with E-state index in [1.807, 2.05) is 0 Å². The summed E-state index contributed by atoms with van der Waals surface area (Å²) in [5.41, 5.74) is 0.250. The predicted octanol–water partition coefficient (Wildman–Crippen LogP) is 2.93. The Labute approximate surface area is 144 Å². The summed E-state index contributed by atoms with van der Waals surface area (Å²) in [6.45, 7) is 3.46. The minimum atomic E-state index is 0.125. The van der Waals surface area contributed by atoms with E-state index < -0.39 is 0 Å². The van der Waals surface area contributed by atoms with Gasteiger partial charge in [-0.3, -0.25) is 0 Å². The molecule has 0 spiro atoms. The first-order valence-electron chi connectivity index (χ1n) is 10.3. The van der Waals surface area contributed by atoms with Crippen LogP contribution in [0.5, 0.6) is 0 Å². The standard InChI is InChI=1S/C20H30O4/c1-3-19(9-13(1)7-15(19)17-11-21-17)23-5-6-24-20-4-2-14(10-20)8-16(20)18-12-22-18/h13-18H,1-12H2. The molecule has 2 aliphatic heterocycles. The smallest absolute Gasteiger partial charge is 0.0865 e. The molecule has 0 radical (unpaired) electrons. The number of hydrogen-bond donors (Lipinski definition) is 0. The van der Waals surface area contributed by atoms with Crippen molar-refractivity contribution in [3.63, 3.8) is 0 Å². The van der Waals surface area contributed by atoms with Crippen molar-refractivity contribution in [3.05, 3.63) is 0 Å². The summed E-state index contributed by atoms with van der Waals surface area (Å²) in [4.78, 5) is 0. The Kier molecular flexibility index (Phi) is 3.23.